The fourth-order valence-electron chi connectivity index (χ4n) is 7.83. The first-order valence-electron chi connectivity index (χ1n) is 14.0. The number of amides is 1. The lowest BCUT2D eigenvalue weighted by Gasteiger charge is -2.63. The molecule has 0 spiro atoms. The number of halogens is 1. The quantitative estimate of drug-likeness (QED) is 0.226. The van der Waals surface area contributed by atoms with Crippen LogP contribution in [0.25, 0.3) is 0 Å². The van der Waals surface area contributed by atoms with E-state index in [4.69, 9.17) is 4.79 Å². The Morgan fingerprint density at radius 1 is 1.05 bits per heavy atom. The van der Waals surface area contributed by atoms with Crippen molar-refractivity contribution in [1.29, 1.82) is 5.26 Å². The van der Waals surface area contributed by atoms with E-state index in [1.165, 1.54) is 25.7 Å². The van der Waals surface area contributed by atoms with E-state index in [9.17, 15) is 19.3 Å². The van der Waals surface area contributed by atoms with Crippen molar-refractivity contribution >= 4 is 18.5 Å². The summed E-state index contributed by atoms with van der Waals surface area (Å²) in [6.07, 6.45) is 13.8. The molecular weight excluding hydrogens is 479 g/mol. The number of fused-ring (bicyclic) bond motifs is 1. The first-order valence-corrected chi connectivity index (χ1v) is 14.0. The van der Waals surface area contributed by atoms with Gasteiger partial charge in [0.05, 0.1) is 5.57 Å². The summed E-state index contributed by atoms with van der Waals surface area (Å²) in [5.74, 6) is 0.0399. The van der Waals surface area contributed by atoms with Crippen molar-refractivity contribution in [3.63, 3.8) is 0 Å². The van der Waals surface area contributed by atoms with Crippen molar-refractivity contribution in [2.24, 2.45) is 38.4 Å². The van der Waals surface area contributed by atoms with Crippen LogP contribution in [-0.4, -0.2) is 18.5 Å². The molecular formula is C32H49FN2O3. The smallest absolute Gasteiger partial charge is 0.234 e. The Labute approximate surface area is 229 Å². The zero-order valence-corrected chi connectivity index (χ0v) is 25.1. The van der Waals surface area contributed by atoms with Crippen LogP contribution in [0.3, 0.4) is 0 Å². The van der Waals surface area contributed by atoms with Gasteiger partial charge in [0.1, 0.15) is 12.4 Å². The second kappa shape index (κ2) is 11.1. The number of Topliss-reactive ketones (excluding diaryl/α,β-unsaturated/α-hetero) is 1. The van der Waals surface area contributed by atoms with E-state index >= 15 is 0 Å². The van der Waals surface area contributed by atoms with E-state index < -0.39 is 10.8 Å². The highest BCUT2D eigenvalue weighted by molar-refractivity contribution is 6.04. The number of ketones is 1. The number of nitriles is 1. The SMILES string of the molecule is CC(C)(C)CCC1(C)CCC(C)(C2(C)CCC3C(C)(C)C(=O)C(C#N)=CC3(C)/C2=C/C=O)CC1.O=CNF. The molecule has 0 aromatic heterocycles. The predicted molar refractivity (Wildman–Crippen MR) is 149 cm³/mol. The molecule has 3 aliphatic carbocycles. The van der Waals surface area contributed by atoms with Crippen LogP contribution in [0.4, 0.5) is 4.48 Å². The number of carbonyl (C=O) groups excluding carboxylic acids is 3. The van der Waals surface area contributed by atoms with Gasteiger partial charge < -0.3 is 0 Å². The van der Waals surface area contributed by atoms with Gasteiger partial charge in [-0.3, -0.25) is 14.4 Å². The molecule has 212 valence electrons. The maximum atomic E-state index is 13.1. The summed E-state index contributed by atoms with van der Waals surface area (Å²) < 4.78 is 10.1. The molecule has 1 amide bonds. The van der Waals surface area contributed by atoms with Crippen LogP contribution >= 0.6 is 0 Å². The highest BCUT2D eigenvalue weighted by Gasteiger charge is 2.62. The van der Waals surface area contributed by atoms with Gasteiger partial charge in [0.2, 0.25) is 6.41 Å². The third kappa shape index (κ3) is 5.82. The monoisotopic (exact) mass is 528 g/mol. The van der Waals surface area contributed by atoms with Gasteiger partial charge in [-0.05, 0) is 85.0 Å². The topological polar surface area (TPSA) is 87.0 Å². The predicted octanol–water partition coefficient (Wildman–Crippen LogP) is 7.62. The van der Waals surface area contributed by atoms with Gasteiger partial charge >= 0.3 is 0 Å². The molecule has 3 unspecified atom stereocenters. The lowest BCUT2D eigenvalue weighted by molar-refractivity contribution is -0.132. The summed E-state index contributed by atoms with van der Waals surface area (Å²) in [7, 11) is 0. The molecule has 0 aromatic rings. The average Bonchev–Trinajstić information content (AvgIpc) is 2.84. The molecule has 2 saturated carbocycles. The fraction of sp³-hybridized carbons (Fsp3) is 0.750. The summed E-state index contributed by atoms with van der Waals surface area (Å²) in [6.45, 7) is 20.4. The molecule has 1 N–H and O–H groups in total. The molecule has 5 nitrogen and oxygen atoms in total. The third-order valence-electron chi connectivity index (χ3n) is 10.7. The second-order valence-corrected chi connectivity index (χ2v) is 14.8. The standard InChI is InChI=1S/C31H47NO2.CH2FNO/c1-26(2,3)13-14-28(6)15-17-29(7,18-16-28)31(9)12-10-23-27(4,5)25(34)22(21-32)20-30(23,8)24(31)11-19-33;2-3-1-4/h11,19-20,23H,10,12-18H2,1-9H3;1H,(H,3,4)/b24-11-;. The van der Waals surface area contributed by atoms with Crippen LogP contribution in [0.5, 0.6) is 0 Å². The van der Waals surface area contributed by atoms with Gasteiger partial charge in [-0.25, -0.2) is 0 Å². The van der Waals surface area contributed by atoms with Gasteiger partial charge in [0.15, 0.2) is 5.78 Å². The Bertz CT molecular complexity index is 1020. The number of nitrogens with zero attached hydrogens (tertiary/aromatic N) is 1. The van der Waals surface area contributed by atoms with Gasteiger partial charge in [0.25, 0.3) is 0 Å². The molecule has 0 saturated heterocycles. The van der Waals surface area contributed by atoms with Crippen molar-refractivity contribution in [2.45, 2.75) is 114 Å². The normalized spacial score (nSPS) is 37.6. The zero-order valence-electron chi connectivity index (χ0n) is 25.1. The van der Waals surface area contributed by atoms with Crippen LogP contribution in [0.15, 0.2) is 23.3 Å². The van der Waals surface area contributed by atoms with E-state index in [1.54, 1.807) is 6.08 Å². The summed E-state index contributed by atoms with van der Waals surface area (Å²) in [4.78, 5) is 33.8. The maximum absolute atomic E-state index is 13.1. The molecule has 3 rings (SSSR count). The minimum absolute atomic E-state index is 0.0417. The summed E-state index contributed by atoms with van der Waals surface area (Å²) in [5, 5.41) is 9.78. The molecule has 0 aliphatic heterocycles. The van der Waals surface area contributed by atoms with E-state index in [0.717, 1.165) is 43.1 Å². The third-order valence-corrected chi connectivity index (χ3v) is 10.7. The van der Waals surface area contributed by atoms with Gasteiger partial charge in [0, 0.05) is 10.8 Å². The molecule has 0 radical (unpaired) electrons. The number of aldehydes is 1. The number of allylic oxidation sites excluding steroid dienone is 4. The number of carbonyl (C=O) groups is 3. The van der Waals surface area contributed by atoms with Gasteiger partial charge in [-0.1, -0.05) is 74.0 Å². The zero-order chi connectivity index (χ0) is 29.2. The summed E-state index contributed by atoms with van der Waals surface area (Å²) in [5.41, 5.74) is 1.75. The first-order chi connectivity index (χ1) is 17.4. The molecule has 0 aromatic carbocycles. The van der Waals surface area contributed by atoms with E-state index in [-0.39, 0.29) is 34.5 Å². The van der Waals surface area contributed by atoms with Crippen molar-refractivity contribution in [1.82, 2.24) is 5.54 Å². The Morgan fingerprint density at radius 3 is 2.05 bits per heavy atom. The van der Waals surface area contributed by atoms with Crippen LogP contribution in [-0.2, 0) is 14.4 Å². The number of rotatable bonds is 5. The van der Waals surface area contributed by atoms with E-state index in [1.807, 2.05) is 19.9 Å². The summed E-state index contributed by atoms with van der Waals surface area (Å²) >= 11 is 0. The Balaban J connectivity index is 0.00000118. The van der Waals surface area contributed by atoms with Gasteiger partial charge in [-0.2, -0.15) is 10.8 Å². The minimum atomic E-state index is -0.614. The number of hydrogen-bond donors (Lipinski definition) is 1. The first kappa shape index (κ1) is 31.9. The lowest BCUT2D eigenvalue weighted by atomic mass is 9.40. The highest BCUT2D eigenvalue weighted by atomic mass is 19.2. The molecule has 6 heteroatoms. The average molecular weight is 529 g/mol. The maximum Gasteiger partial charge on any atom is 0.234 e. The van der Waals surface area contributed by atoms with Crippen molar-refractivity contribution in [2.75, 3.05) is 0 Å². The molecule has 3 aliphatic rings. The van der Waals surface area contributed by atoms with Gasteiger partial charge in [-0.15, -0.1) is 4.48 Å². The Hall–Kier alpha value is -2.29. The number of hydrogen-bond acceptors (Lipinski definition) is 4. The summed E-state index contributed by atoms with van der Waals surface area (Å²) in [6, 6.07) is 2.18. The van der Waals surface area contributed by atoms with Crippen molar-refractivity contribution < 1.29 is 18.9 Å². The lowest BCUT2D eigenvalue weighted by Crippen LogP contribution is -2.56. The van der Waals surface area contributed by atoms with Crippen LogP contribution in [0, 0.1) is 49.7 Å². The van der Waals surface area contributed by atoms with E-state index in [2.05, 4.69) is 54.5 Å². The molecule has 38 heavy (non-hydrogen) atoms. The van der Waals surface area contributed by atoms with E-state index in [0.29, 0.717) is 10.8 Å². The number of nitrogens with one attached hydrogen (secondary N) is 1. The fourth-order valence-corrected chi connectivity index (χ4v) is 7.83. The molecule has 3 atom stereocenters. The van der Waals surface area contributed by atoms with Crippen LogP contribution < -0.4 is 5.54 Å². The molecule has 0 heterocycles. The highest BCUT2D eigenvalue weighted by Crippen LogP contribution is 2.69. The molecule has 2 fully saturated rings. The largest absolute Gasteiger partial charge is 0.299 e. The van der Waals surface area contributed by atoms with Crippen molar-refractivity contribution in [3.8, 4) is 6.07 Å². The molecule has 0 bridgehead atoms. The minimum Gasteiger partial charge on any atom is -0.299 e. The van der Waals surface area contributed by atoms with Crippen molar-refractivity contribution in [3.05, 3.63) is 23.3 Å². The van der Waals surface area contributed by atoms with Crippen LogP contribution in [0.2, 0.25) is 0 Å². The Morgan fingerprint density at radius 2 is 1.61 bits per heavy atom. The van der Waals surface area contributed by atoms with Crippen LogP contribution in [0.1, 0.15) is 114 Å². The Kier molecular flexibility index (Phi) is 9.29. The second-order valence-electron chi connectivity index (χ2n) is 14.8.